The highest BCUT2D eigenvalue weighted by Crippen LogP contribution is 2.19. The van der Waals surface area contributed by atoms with Crippen LogP contribution in [0.2, 0.25) is 0 Å². The first-order valence-electron chi connectivity index (χ1n) is 6.08. The molecule has 4 heteroatoms. The van der Waals surface area contributed by atoms with E-state index < -0.39 is 0 Å². The average Bonchev–Trinajstić information content (AvgIpc) is 2.81. The Balaban J connectivity index is 1.97. The molecule has 1 aliphatic rings. The van der Waals surface area contributed by atoms with Crippen LogP contribution in [0.3, 0.4) is 0 Å². The van der Waals surface area contributed by atoms with Crippen molar-refractivity contribution in [3.05, 3.63) is 18.5 Å². The fraction of sp³-hybridized carbons (Fsp3) is 0.667. The molecule has 1 atom stereocenters. The van der Waals surface area contributed by atoms with Crippen molar-refractivity contribution in [3.63, 3.8) is 0 Å². The molecule has 2 heterocycles. The number of likely N-dealkylation sites (tertiary alicyclic amines) is 1. The lowest BCUT2D eigenvalue weighted by Gasteiger charge is -2.35. The molecule has 1 amide bonds. The average molecular weight is 221 g/mol. The van der Waals surface area contributed by atoms with Crippen LogP contribution in [-0.2, 0) is 11.3 Å². The zero-order valence-electron chi connectivity index (χ0n) is 9.80. The Morgan fingerprint density at radius 1 is 1.50 bits per heavy atom. The van der Waals surface area contributed by atoms with Crippen molar-refractivity contribution < 1.29 is 4.79 Å². The van der Waals surface area contributed by atoms with Crippen LogP contribution in [-0.4, -0.2) is 33.2 Å². The number of amides is 1. The van der Waals surface area contributed by atoms with E-state index in [9.17, 15) is 4.79 Å². The number of carbonyl (C=O) groups excluding carboxylic acids is 1. The van der Waals surface area contributed by atoms with E-state index >= 15 is 0 Å². The van der Waals surface area contributed by atoms with E-state index in [0.717, 1.165) is 25.8 Å². The minimum absolute atomic E-state index is 0.204. The van der Waals surface area contributed by atoms with Crippen molar-refractivity contribution in [2.75, 3.05) is 6.54 Å². The third-order valence-electron chi connectivity index (χ3n) is 3.28. The zero-order chi connectivity index (χ0) is 11.4. The molecule has 1 fully saturated rings. The topological polar surface area (TPSA) is 38.1 Å². The van der Waals surface area contributed by atoms with Gasteiger partial charge in [-0.1, -0.05) is 6.92 Å². The summed E-state index contributed by atoms with van der Waals surface area (Å²) < 4.78 is 1.70. The van der Waals surface area contributed by atoms with Crippen LogP contribution in [0.15, 0.2) is 18.5 Å². The predicted molar refractivity (Wildman–Crippen MR) is 61.9 cm³/mol. The summed E-state index contributed by atoms with van der Waals surface area (Å²) in [5.74, 6) is 0.204. The van der Waals surface area contributed by atoms with Crippen molar-refractivity contribution in [2.24, 2.45) is 0 Å². The number of piperidine rings is 1. The van der Waals surface area contributed by atoms with Gasteiger partial charge in [0.1, 0.15) is 6.54 Å². The zero-order valence-corrected chi connectivity index (χ0v) is 9.80. The van der Waals surface area contributed by atoms with Crippen molar-refractivity contribution in [2.45, 2.75) is 45.2 Å². The summed E-state index contributed by atoms with van der Waals surface area (Å²) in [4.78, 5) is 14.1. The Hall–Kier alpha value is -1.32. The maximum Gasteiger partial charge on any atom is 0.244 e. The quantitative estimate of drug-likeness (QED) is 0.778. The van der Waals surface area contributed by atoms with Gasteiger partial charge in [-0.15, -0.1) is 0 Å². The molecule has 4 nitrogen and oxygen atoms in total. The number of hydrogen-bond donors (Lipinski definition) is 0. The number of carbonyl (C=O) groups is 1. The first-order valence-corrected chi connectivity index (χ1v) is 6.08. The molecule has 1 saturated heterocycles. The van der Waals surface area contributed by atoms with Crippen LogP contribution < -0.4 is 0 Å². The number of rotatable bonds is 3. The van der Waals surface area contributed by atoms with Crippen LogP contribution in [0.1, 0.15) is 32.6 Å². The lowest BCUT2D eigenvalue weighted by molar-refractivity contribution is -0.135. The summed E-state index contributed by atoms with van der Waals surface area (Å²) in [6, 6.07) is 2.29. The molecule has 1 aromatic rings. The Kier molecular flexibility index (Phi) is 3.59. The van der Waals surface area contributed by atoms with Crippen LogP contribution in [0.5, 0.6) is 0 Å². The van der Waals surface area contributed by atoms with E-state index in [0.29, 0.717) is 12.6 Å². The summed E-state index contributed by atoms with van der Waals surface area (Å²) >= 11 is 0. The summed E-state index contributed by atoms with van der Waals surface area (Å²) in [5, 5.41) is 4.07. The number of nitrogens with zero attached hydrogens (tertiary/aromatic N) is 3. The fourth-order valence-electron chi connectivity index (χ4n) is 2.38. The first kappa shape index (κ1) is 11.2. The summed E-state index contributed by atoms with van der Waals surface area (Å²) in [6.07, 6.45) is 8.15. The minimum atomic E-state index is 0.204. The molecule has 0 bridgehead atoms. The van der Waals surface area contributed by atoms with Gasteiger partial charge in [0.15, 0.2) is 0 Å². The molecule has 0 aliphatic carbocycles. The SMILES string of the molecule is CCC1CCCCN1C(=O)Cn1cccn1. The van der Waals surface area contributed by atoms with E-state index in [2.05, 4.69) is 12.0 Å². The highest BCUT2D eigenvalue weighted by molar-refractivity contribution is 5.76. The normalized spacial score (nSPS) is 21.1. The molecule has 2 rings (SSSR count). The minimum Gasteiger partial charge on any atom is -0.338 e. The van der Waals surface area contributed by atoms with Crippen molar-refractivity contribution in [3.8, 4) is 0 Å². The van der Waals surface area contributed by atoms with E-state index in [4.69, 9.17) is 0 Å². The molecular formula is C12H19N3O. The molecule has 0 radical (unpaired) electrons. The first-order chi connectivity index (χ1) is 7.81. The Bertz CT molecular complexity index is 334. The second-order valence-corrected chi connectivity index (χ2v) is 4.35. The van der Waals surface area contributed by atoms with Gasteiger partial charge in [-0.25, -0.2) is 0 Å². The van der Waals surface area contributed by atoms with Crippen LogP contribution in [0.25, 0.3) is 0 Å². The maximum atomic E-state index is 12.1. The largest absolute Gasteiger partial charge is 0.338 e. The molecular weight excluding hydrogens is 202 g/mol. The van der Waals surface area contributed by atoms with Gasteiger partial charge >= 0.3 is 0 Å². The number of hydrogen-bond acceptors (Lipinski definition) is 2. The molecule has 1 aliphatic heterocycles. The fourth-order valence-corrected chi connectivity index (χ4v) is 2.38. The molecule has 1 aromatic heterocycles. The van der Waals surface area contributed by atoms with Gasteiger partial charge in [0, 0.05) is 25.0 Å². The van der Waals surface area contributed by atoms with E-state index in [-0.39, 0.29) is 5.91 Å². The summed E-state index contributed by atoms with van der Waals surface area (Å²) in [7, 11) is 0. The van der Waals surface area contributed by atoms with Gasteiger partial charge in [-0.05, 0) is 31.7 Å². The molecule has 16 heavy (non-hydrogen) atoms. The van der Waals surface area contributed by atoms with Gasteiger partial charge in [0.05, 0.1) is 0 Å². The summed E-state index contributed by atoms with van der Waals surface area (Å²) in [6.45, 7) is 3.45. The molecule has 0 aromatic carbocycles. The Morgan fingerprint density at radius 2 is 2.38 bits per heavy atom. The standard InChI is InChI=1S/C12H19N3O/c1-2-11-6-3-4-9-15(11)12(16)10-14-8-5-7-13-14/h5,7-8,11H,2-4,6,9-10H2,1H3. The summed E-state index contributed by atoms with van der Waals surface area (Å²) in [5.41, 5.74) is 0. The third kappa shape index (κ3) is 2.43. The highest BCUT2D eigenvalue weighted by atomic mass is 16.2. The van der Waals surface area contributed by atoms with Crippen LogP contribution >= 0.6 is 0 Å². The highest BCUT2D eigenvalue weighted by Gasteiger charge is 2.25. The van der Waals surface area contributed by atoms with Gasteiger partial charge in [-0.3, -0.25) is 9.48 Å². The van der Waals surface area contributed by atoms with Crippen LogP contribution in [0.4, 0.5) is 0 Å². The monoisotopic (exact) mass is 221 g/mol. The molecule has 1 unspecified atom stereocenters. The van der Waals surface area contributed by atoms with Gasteiger partial charge in [-0.2, -0.15) is 5.10 Å². The van der Waals surface area contributed by atoms with E-state index in [1.54, 1.807) is 10.9 Å². The second kappa shape index (κ2) is 5.14. The smallest absolute Gasteiger partial charge is 0.244 e. The molecule has 0 N–H and O–H groups in total. The van der Waals surface area contributed by atoms with E-state index in [1.165, 1.54) is 6.42 Å². The molecule has 0 saturated carbocycles. The molecule has 88 valence electrons. The van der Waals surface area contributed by atoms with Gasteiger partial charge < -0.3 is 4.90 Å². The van der Waals surface area contributed by atoms with Crippen molar-refractivity contribution in [1.29, 1.82) is 0 Å². The maximum absolute atomic E-state index is 12.1. The predicted octanol–water partition coefficient (Wildman–Crippen LogP) is 1.67. The van der Waals surface area contributed by atoms with Crippen molar-refractivity contribution >= 4 is 5.91 Å². The van der Waals surface area contributed by atoms with Crippen molar-refractivity contribution in [1.82, 2.24) is 14.7 Å². The number of aromatic nitrogens is 2. The Morgan fingerprint density at radius 3 is 3.06 bits per heavy atom. The lowest BCUT2D eigenvalue weighted by Crippen LogP contribution is -2.44. The second-order valence-electron chi connectivity index (χ2n) is 4.35. The lowest BCUT2D eigenvalue weighted by atomic mass is 10.00. The van der Waals surface area contributed by atoms with Gasteiger partial charge in [0.2, 0.25) is 5.91 Å². The Labute approximate surface area is 96.2 Å². The van der Waals surface area contributed by atoms with Crippen LogP contribution in [0, 0.1) is 0 Å². The van der Waals surface area contributed by atoms with E-state index in [1.807, 2.05) is 17.2 Å². The molecule has 0 spiro atoms. The van der Waals surface area contributed by atoms with Gasteiger partial charge in [0.25, 0.3) is 0 Å². The third-order valence-corrected chi connectivity index (χ3v) is 3.28.